The van der Waals surface area contributed by atoms with Crippen molar-refractivity contribution in [1.82, 2.24) is 16.0 Å². The number of thioether (sulfide) groups is 1. The second kappa shape index (κ2) is 22.4. The Bertz CT molecular complexity index is 1880. The van der Waals surface area contributed by atoms with Gasteiger partial charge < -0.3 is 31.5 Å². The van der Waals surface area contributed by atoms with Crippen LogP contribution in [0.15, 0.2) is 107 Å². The van der Waals surface area contributed by atoms with Gasteiger partial charge in [0.05, 0.1) is 22.5 Å². The molecule has 330 valence electrons. The SMILES string of the molecule is CNC(=O)C(CSC(c1ccccc1)(c1ccccc1)c1ccccc1)NC(=O)C(CCCCN=C(CC(C)C)C1=C(O)CC(C)(C)CC1=O)NC(=O)C(N)COC(C)(C)C. The van der Waals surface area contributed by atoms with Gasteiger partial charge in [-0.15, -0.1) is 11.8 Å². The number of nitrogens with two attached hydrogens (primary N) is 1. The molecule has 3 aromatic carbocycles. The second-order valence-electron chi connectivity index (χ2n) is 18.0. The zero-order valence-electron chi connectivity index (χ0n) is 37.3. The van der Waals surface area contributed by atoms with Gasteiger partial charge in [-0.2, -0.15) is 0 Å². The maximum atomic E-state index is 14.3. The van der Waals surface area contributed by atoms with E-state index in [9.17, 15) is 24.3 Å². The summed E-state index contributed by atoms with van der Waals surface area (Å²) in [6.07, 6.45) is 2.54. The molecule has 0 spiro atoms. The molecular weight excluding hydrogens is 787 g/mol. The standard InChI is InChI=1S/C49H67N5O6S/c1-33(2)28-39(43-41(55)29-48(6,7)30-42(43)56)52-27-19-18-26-38(53-44(57)37(50)31-60-47(3,4)5)46(59)54-40(45(58)51-8)32-61-49(34-20-12-9-13-21-34,35-22-14-10-15-23-35)36-24-16-11-17-25-36/h9-17,20-25,33,37-38,40,55H,18-19,26-32,50H2,1-8H3,(H,51,58)(H,53,57)(H,54,59). The quantitative estimate of drug-likeness (QED) is 0.0419. The molecule has 4 rings (SSSR count). The van der Waals surface area contributed by atoms with Crippen LogP contribution in [0.1, 0.15) is 104 Å². The number of aliphatic imine (C=N–C) groups is 1. The molecule has 3 unspecified atom stereocenters. The summed E-state index contributed by atoms with van der Waals surface area (Å²) in [5, 5.41) is 19.5. The molecule has 1 aliphatic rings. The first-order valence-corrected chi connectivity index (χ1v) is 22.4. The summed E-state index contributed by atoms with van der Waals surface area (Å²) in [4.78, 5) is 59.5. The Morgan fingerprint density at radius 3 is 1.82 bits per heavy atom. The van der Waals surface area contributed by atoms with Crippen molar-refractivity contribution in [2.24, 2.45) is 22.1 Å². The van der Waals surface area contributed by atoms with Gasteiger partial charge in [0.15, 0.2) is 5.78 Å². The number of rotatable bonds is 21. The lowest BCUT2D eigenvalue weighted by molar-refractivity contribution is -0.133. The van der Waals surface area contributed by atoms with Gasteiger partial charge in [-0.3, -0.25) is 24.2 Å². The van der Waals surface area contributed by atoms with Gasteiger partial charge in [0.1, 0.15) is 23.9 Å². The van der Waals surface area contributed by atoms with Crippen LogP contribution < -0.4 is 21.7 Å². The molecule has 61 heavy (non-hydrogen) atoms. The van der Waals surface area contributed by atoms with Gasteiger partial charge in [-0.25, -0.2) is 0 Å². The molecule has 0 saturated carbocycles. The normalized spacial score (nSPS) is 16.2. The average molecular weight is 854 g/mol. The number of nitrogens with one attached hydrogen (secondary N) is 3. The van der Waals surface area contributed by atoms with Crippen molar-refractivity contribution < 1.29 is 29.0 Å². The first-order valence-electron chi connectivity index (χ1n) is 21.4. The van der Waals surface area contributed by atoms with Crippen LogP contribution in [0.5, 0.6) is 0 Å². The van der Waals surface area contributed by atoms with E-state index in [1.807, 2.05) is 103 Å². The lowest BCUT2D eigenvalue weighted by atomic mass is 9.75. The van der Waals surface area contributed by atoms with Crippen LogP contribution in [0, 0.1) is 11.3 Å². The number of hydrogen-bond donors (Lipinski definition) is 5. The van der Waals surface area contributed by atoms with E-state index in [1.54, 1.807) is 11.8 Å². The zero-order valence-corrected chi connectivity index (χ0v) is 38.1. The smallest absolute Gasteiger partial charge is 0.243 e. The molecule has 0 aromatic heterocycles. The zero-order chi connectivity index (χ0) is 44.8. The summed E-state index contributed by atoms with van der Waals surface area (Å²) in [6.45, 7) is 13.9. The highest BCUT2D eigenvalue weighted by Gasteiger charge is 2.39. The highest BCUT2D eigenvalue weighted by molar-refractivity contribution is 8.00. The van der Waals surface area contributed by atoms with Gasteiger partial charge in [0, 0.05) is 37.9 Å². The van der Waals surface area contributed by atoms with E-state index >= 15 is 0 Å². The average Bonchev–Trinajstić information content (AvgIpc) is 3.21. The van der Waals surface area contributed by atoms with E-state index < -0.39 is 40.3 Å². The summed E-state index contributed by atoms with van der Waals surface area (Å²) in [5.41, 5.74) is 9.38. The molecule has 12 heteroatoms. The van der Waals surface area contributed by atoms with Crippen molar-refractivity contribution in [3.63, 3.8) is 0 Å². The minimum atomic E-state index is -1.04. The minimum Gasteiger partial charge on any atom is -0.511 e. The number of hydrogen-bond acceptors (Lipinski definition) is 9. The fourth-order valence-electron chi connectivity index (χ4n) is 7.49. The van der Waals surface area contributed by atoms with E-state index in [4.69, 9.17) is 15.5 Å². The molecule has 0 fully saturated rings. The number of benzene rings is 3. The Balaban J connectivity index is 1.59. The van der Waals surface area contributed by atoms with Crippen molar-refractivity contribution in [2.45, 2.75) is 115 Å². The molecule has 1 aliphatic carbocycles. The number of aliphatic hydroxyl groups is 1. The highest BCUT2D eigenvalue weighted by atomic mass is 32.2. The molecule has 3 amide bonds. The predicted molar refractivity (Wildman–Crippen MR) is 247 cm³/mol. The number of allylic oxidation sites excluding steroid dienone is 2. The molecule has 0 bridgehead atoms. The van der Waals surface area contributed by atoms with Crippen LogP contribution in [0.4, 0.5) is 0 Å². The van der Waals surface area contributed by atoms with E-state index in [-0.39, 0.29) is 47.6 Å². The van der Waals surface area contributed by atoms with Gasteiger partial charge in [-0.05, 0) is 74.5 Å². The van der Waals surface area contributed by atoms with Crippen LogP contribution >= 0.6 is 11.8 Å². The van der Waals surface area contributed by atoms with Crippen molar-refractivity contribution in [3.8, 4) is 0 Å². The molecule has 0 heterocycles. The predicted octanol–water partition coefficient (Wildman–Crippen LogP) is 7.43. The van der Waals surface area contributed by atoms with Gasteiger partial charge in [0.2, 0.25) is 17.7 Å². The van der Waals surface area contributed by atoms with Crippen molar-refractivity contribution in [1.29, 1.82) is 0 Å². The Kier molecular flexibility index (Phi) is 17.9. The number of ether oxygens (including phenoxy) is 1. The number of likely N-dealkylation sites (N-methyl/N-ethyl adjacent to an activating group) is 1. The first-order chi connectivity index (χ1) is 28.9. The first kappa shape index (κ1) is 48.9. The maximum absolute atomic E-state index is 14.3. The number of carbonyl (C=O) groups is 4. The van der Waals surface area contributed by atoms with Crippen molar-refractivity contribution in [2.75, 3.05) is 26.0 Å². The van der Waals surface area contributed by atoms with Crippen LogP contribution in [-0.2, 0) is 28.7 Å². The van der Waals surface area contributed by atoms with Crippen LogP contribution in [0.2, 0.25) is 0 Å². The second-order valence-corrected chi connectivity index (χ2v) is 19.3. The van der Waals surface area contributed by atoms with Gasteiger partial charge in [0.25, 0.3) is 0 Å². The number of Topliss-reactive ketones (excluding diaryl/α,β-unsaturated/α-hetero) is 1. The summed E-state index contributed by atoms with van der Waals surface area (Å²) < 4.78 is 5.03. The van der Waals surface area contributed by atoms with Gasteiger partial charge >= 0.3 is 0 Å². The molecular formula is C49H67N5O6S. The Morgan fingerprint density at radius 2 is 1.34 bits per heavy atom. The summed E-state index contributed by atoms with van der Waals surface area (Å²) in [5.74, 6) is -1.07. The van der Waals surface area contributed by atoms with E-state index in [0.717, 1.165) is 16.7 Å². The summed E-state index contributed by atoms with van der Waals surface area (Å²) >= 11 is 1.54. The third kappa shape index (κ3) is 14.1. The summed E-state index contributed by atoms with van der Waals surface area (Å²) in [7, 11) is 1.53. The van der Waals surface area contributed by atoms with Crippen LogP contribution in [-0.4, -0.2) is 84.0 Å². The van der Waals surface area contributed by atoms with E-state index in [2.05, 4.69) is 52.3 Å². The fourth-order valence-corrected chi connectivity index (χ4v) is 9.05. The third-order valence-corrected chi connectivity index (χ3v) is 12.1. The topological polar surface area (TPSA) is 172 Å². The molecule has 0 radical (unpaired) electrons. The molecule has 3 atom stereocenters. The number of nitrogens with zero attached hydrogens (tertiary/aromatic N) is 1. The maximum Gasteiger partial charge on any atom is 0.243 e. The molecule has 0 aliphatic heterocycles. The Morgan fingerprint density at radius 1 is 0.820 bits per heavy atom. The largest absolute Gasteiger partial charge is 0.511 e. The highest BCUT2D eigenvalue weighted by Crippen LogP contribution is 2.48. The fraction of sp³-hybridized carbons (Fsp3) is 0.490. The number of amides is 3. The minimum absolute atomic E-state index is 0.0480. The van der Waals surface area contributed by atoms with E-state index in [1.165, 1.54) is 7.05 Å². The van der Waals surface area contributed by atoms with Crippen LogP contribution in [0.3, 0.4) is 0 Å². The number of unbranched alkanes of at least 4 members (excludes halogenated alkanes) is 1. The third-order valence-electron chi connectivity index (χ3n) is 10.5. The lowest BCUT2D eigenvalue weighted by Gasteiger charge is -2.36. The Labute approximate surface area is 367 Å². The van der Waals surface area contributed by atoms with Crippen LogP contribution in [0.25, 0.3) is 0 Å². The monoisotopic (exact) mass is 853 g/mol. The summed E-state index contributed by atoms with van der Waals surface area (Å²) in [6, 6.07) is 27.3. The van der Waals surface area contributed by atoms with Crippen molar-refractivity contribution in [3.05, 3.63) is 119 Å². The molecule has 11 nitrogen and oxygen atoms in total. The van der Waals surface area contributed by atoms with Crippen molar-refractivity contribution >= 4 is 41.0 Å². The molecule has 6 N–H and O–H groups in total. The number of ketones is 1. The molecule has 3 aromatic rings. The number of aliphatic hydroxyl groups excluding tert-OH is 1. The number of carbonyl (C=O) groups excluding carboxylic acids is 4. The molecule has 0 saturated heterocycles. The Hall–Kier alpha value is -4.78. The van der Waals surface area contributed by atoms with E-state index in [0.29, 0.717) is 49.9 Å². The van der Waals surface area contributed by atoms with Gasteiger partial charge in [-0.1, -0.05) is 119 Å². The lowest BCUT2D eigenvalue weighted by Crippen LogP contribution is -2.57.